The molecule has 10 aliphatic carbocycles. The molecule has 0 saturated heterocycles. The number of rotatable bonds is 20. The van der Waals surface area contributed by atoms with Crippen LogP contribution in [0.1, 0.15) is 366 Å². The molecule has 0 radical (unpaired) electrons. The Bertz CT molecular complexity index is 2500. The van der Waals surface area contributed by atoms with Crippen LogP contribution in [-0.2, 0) is 47.7 Å². The molecule has 10 heteroatoms. The third kappa shape index (κ3) is 17.8. The van der Waals surface area contributed by atoms with E-state index in [1.54, 1.807) is 0 Å². The molecule has 550 valence electrons. The number of hydrogen-bond acceptors (Lipinski definition) is 10. The van der Waals surface area contributed by atoms with Gasteiger partial charge in [-0.25, -0.2) is 0 Å². The lowest BCUT2D eigenvalue weighted by Gasteiger charge is -2.49. The van der Waals surface area contributed by atoms with Gasteiger partial charge in [0.2, 0.25) is 0 Å². The summed E-state index contributed by atoms with van der Waals surface area (Å²) in [7, 11) is 0. The van der Waals surface area contributed by atoms with Crippen molar-refractivity contribution >= 4 is 29.8 Å². The fourth-order valence-electron chi connectivity index (χ4n) is 19.5. The van der Waals surface area contributed by atoms with E-state index in [4.69, 9.17) is 23.7 Å². The van der Waals surface area contributed by atoms with E-state index in [0.29, 0.717) is 41.4 Å². The zero-order chi connectivity index (χ0) is 71.3. The van der Waals surface area contributed by atoms with Gasteiger partial charge < -0.3 is 23.7 Å². The molecule has 0 aromatic heterocycles. The number of carbonyl (C=O) groups excluding carboxylic acids is 5. The quantitative estimate of drug-likeness (QED) is 0.0659. The summed E-state index contributed by atoms with van der Waals surface area (Å²) in [6.45, 7) is 52.4. The first-order valence-electron chi connectivity index (χ1n) is 40.3. The highest BCUT2D eigenvalue weighted by Gasteiger charge is 2.69. The van der Waals surface area contributed by atoms with E-state index in [1.165, 1.54) is 109 Å². The van der Waals surface area contributed by atoms with Crippen LogP contribution in [0.2, 0.25) is 0 Å². The minimum atomic E-state index is -0.356. The van der Waals surface area contributed by atoms with E-state index in [2.05, 4.69) is 90.0 Å². The highest BCUT2D eigenvalue weighted by Crippen LogP contribution is 2.72. The zero-order valence-corrected chi connectivity index (χ0v) is 66.5. The maximum Gasteiger partial charge on any atom is 0.312 e. The van der Waals surface area contributed by atoms with Crippen molar-refractivity contribution in [2.24, 2.45) is 116 Å². The fourth-order valence-corrected chi connectivity index (χ4v) is 19.5. The number of fused-ring (bicyclic) bond motifs is 12. The van der Waals surface area contributed by atoms with Gasteiger partial charge in [0.05, 0.1) is 27.1 Å². The second kappa shape index (κ2) is 32.1. The number of hydrogen-bond donors (Lipinski definition) is 0. The van der Waals surface area contributed by atoms with Crippen LogP contribution < -0.4 is 0 Å². The molecule has 0 spiro atoms. The normalized spacial score (nSPS) is 32.6. The predicted octanol–water partition coefficient (Wildman–Crippen LogP) is 22.9. The second-order valence-corrected chi connectivity index (χ2v) is 38.2. The number of esters is 5. The Kier molecular flexibility index (Phi) is 27.5. The van der Waals surface area contributed by atoms with E-state index < -0.39 is 0 Å². The minimum Gasteiger partial charge on any atom is -0.458 e. The van der Waals surface area contributed by atoms with E-state index in [9.17, 15) is 24.0 Å². The lowest BCUT2D eigenvalue weighted by Crippen LogP contribution is -2.52. The Labute approximate surface area is 584 Å². The van der Waals surface area contributed by atoms with Crippen LogP contribution in [-0.4, -0.2) is 57.9 Å². The molecule has 0 amide bonds. The molecule has 10 aliphatic rings. The third-order valence-corrected chi connectivity index (χ3v) is 29.2. The Morgan fingerprint density at radius 1 is 0.326 bits per heavy atom. The first kappa shape index (κ1) is 81.3. The molecular weight excluding hydrogens is 1180 g/mol. The monoisotopic (exact) mass is 1330 g/mol. The summed E-state index contributed by atoms with van der Waals surface area (Å²) in [5.74, 6) is 10.5. The van der Waals surface area contributed by atoms with Gasteiger partial charge in [0.15, 0.2) is 0 Å². The molecule has 0 aromatic carbocycles. The first-order chi connectivity index (χ1) is 44.1. The smallest absolute Gasteiger partial charge is 0.312 e. The molecule has 0 heterocycles. The number of carbonyl (C=O) groups is 5. The van der Waals surface area contributed by atoms with Crippen LogP contribution in [0.3, 0.4) is 0 Å². The van der Waals surface area contributed by atoms with E-state index in [1.807, 2.05) is 83.1 Å². The van der Waals surface area contributed by atoms with Crippen molar-refractivity contribution in [2.75, 3.05) is 0 Å². The molecule has 13 atom stereocenters. The Hall–Kier alpha value is -2.65. The van der Waals surface area contributed by atoms with E-state index in [0.717, 1.165) is 131 Å². The zero-order valence-electron chi connectivity index (χ0n) is 66.5. The van der Waals surface area contributed by atoms with Crippen molar-refractivity contribution in [1.29, 1.82) is 0 Å². The van der Waals surface area contributed by atoms with Crippen molar-refractivity contribution in [1.82, 2.24) is 0 Å². The number of ether oxygens (including phenoxy) is 5. The van der Waals surface area contributed by atoms with Gasteiger partial charge in [0.1, 0.15) is 28.0 Å². The Balaban J connectivity index is 0.000000189. The third-order valence-electron chi connectivity index (χ3n) is 29.2. The molecule has 10 rings (SSSR count). The average molecular weight is 1330 g/mol. The summed E-state index contributed by atoms with van der Waals surface area (Å²) in [6.07, 6.45) is 35.2. The van der Waals surface area contributed by atoms with Crippen LogP contribution in [0.4, 0.5) is 0 Å². The summed E-state index contributed by atoms with van der Waals surface area (Å²) >= 11 is 0. The fraction of sp³-hybridized carbons (Fsp3) is 0.941. The van der Waals surface area contributed by atoms with Gasteiger partial charge in [0.25, 0.3) is 0 Å². The van der Waals surface area contributed by atoms with Gasteiger partial charge in [0, 0.05) is 5.92 Å². The van der Waals surface area contributed by atoms with Gasteiger partial charge in [-0.05, 0) is 313 Å². The maximum absolute atomic E-state index is 12.9. The molecule has 13 unspecified atom stereocenters. The van der Waals surface area contributed by atoms with Crippen LogP contribution in [0, 0.1) is 116 Å². The van der Waals surface area contributed by atoms with Gasteiger partial charge in [-0.1, -0.05) is 136 Å². The van der Waals surface area contributed by atoms with Gasteiger partial charge in [-0.15, -0.1) is 0 Å². The lowest BCUT2D eigenvalue weighted by molar-refractivity contribution is -0.191. The van der Waals surface area contributed by atoms with Crippen molar-refractivity contribution in [3.63, 3.8) is 0 Å². The molecule has 10 saturated carbocycles. The van der Waals surface area contributed by atoms with Gasteiger partial charge in [-0.2, -0.15) is 0 Å². The topological polar surface area (TPSA) is 132 Å². The van der Waals surface area contributed by atoms with Gasteiger partial charge in [-0.3, -0.25) is 24.0 Å². The molecule has 6 bridgehead atoms. The predicted molar refractivity (Wildman–Crippen MR) is 389 cm³/mol. The minimum absolute atomic E-state index is 0.00579. The molecule has 0 aromatic rings. The van der Waals surface area contributed by atoms with Crippen molar-refractivity contribution < 1.29 is 47.7 Å². The highest BCUT2D eigenvalue weighted by atomic mass is 16.6. The molecule has 0 N–H and O–H groups in total. The summed E-state index contributed by atoms with van der Waals surface area (Å²) in [5, 5.41) is 0. The summed E-state index contributed by atoms with van der Waals surface area (Å²) in [4.78, 5) is 62.3. The van der Waals surface area contributed by atoms with E-state index >= 15 is 0 Å². The lowest BCUT2D eigenvalue weighted by atomic mass is 9.63. The van der Waals surface area contributed by atoms with Crippen molar-refractivity contribution in [3.05, 3.63) is 0 Å². The molecular formula is C85H150O10. The molecule has 95 heavy (non-hydrogen) atoms. The highest BCUT2D eigenvalue weighted by molar-refractivity contribution is 5.78. The molecule has 10 nitrogen and oxygen atoms in total. The Morgan fingerprint density at radius 3 is 1.08 bits per heavy atom. The van der Waals surface area contributed by atoms with Gasteiger partial charge >= 0.3 is 29.8 Å². The molecule has 0 aliphatic heterocycles. The van der Waals surface area contributed by atoms with Crippen molar-refractivity contribution in [3.8, 4) is 0 Å². The van der Waals surface area contributed by atoms with Crippen LogP contribution >= 0.6 is 0 Å². The average Bonchev–Trinajstić information content (AvgIpc) is 1.54. The van der Waals surface area contributed by atoms with Crippen molar-refractivity contribution in [2.45, 2.75) is 394 Å². The Morgan fingerprint density at radius 2 is 0.705 bits per heavy atom. The SMILES string of the molecule is CCC(C)(C)C(=O)OC1(C(C)C)CC2CC1C1C3CCC(C3)C21.CCC(C)(C)C(=O)OC1(C(C)C)CC2CCC1C2.CCC(C)(C)C(=O)OC1(C(C)C)CCC2CCCCC2C1.CCC(C)(C)C(=O)OC1(C(C)C)CCCC1.CCC(C)(C)C(=O)OC1(C(C)C)CCCCC1. The first-order valence-corrected chi connectivity index (χ1v) is 40.3. The second-order valence-electron chi connectivity index (χ2n) is 38.2. The standard InChI is InChI=1S/C21H34O2.C19H34O2.C16H28O2.C15H28O2.C14H26O2/c1-6-20(4,5)19(22)23-21(12(2)3)11-15-10-16(21)18-14-8-7-13(9-14)17(15)18;1-6-18(4,5)17(20)21-19(14(2)3)12-11-15-9-7-8-10-16(15)13-19;1-6-15(4,5)14(17)18-16(11(2)3)10-12-7-8-13(16)9-12;1-6-14(4,5)13(16)17-15(12(2)3)10-8-7-9-11-15;1-6-13(4,5)12(15)16-14(11(2)3)9-7-8-10-14/h12-18H,6-11H2,1-5H3;14-16H,6-13H2,1-5H3;11-13H,6-10H2,1-5H3;12H,6-11H2,1-5H3;11H,6-10H2,1-5H3. The van der Waals surface area contributed by atoms with E-state index in [-0.39, 0.29) is 84.9 Å². The molecule has 10 fully saturated rings. The van der Waals surface area contributed by atoms with Crippen LogP contribution in [0.15, 0.2) is 0 Å². The summed E-state index contributed by atoms with van der Waals surface area (Å²) in [5.41, 5.74) is -2.64. The van der Waals surface area contributed by atoms with Crippen LogP contribution in [0.5, 0.6) is 0 Å². The largest absolute Gasteiger partial charge is 0.458 e. The summed E-state index contributed by atoms with van der Waals surface area (Å²) < 4.78 is 30.6. The van der Waals surface area contributed by atoms with Crippen LogP contribution in [0.25, 0.3) is 0 Å². The maximum atomic E-state index is 12.9. The summed E-state index contributed by atoms with van der Waals surface area (Å²) in [6, 6.07) is 0.